The molecule has 0 aliphatic heterocycles. The molecule has 0 aromatic heterocycles. The van der Waals surface area contributed by atoms with Gasteiger partial charge in [0.05, 0.1) is 0 Å². The minimum Gasteiger partial charge on any atom is -0.101 e. The number of benzene rings is 1. The van der Waals surface area contributed by atoms with Gasteiger partial charge in [-0.2, -0.15) is 0 Å². The van der Waals surface area contributed by atoms with Crippen molar-refractivity contribution in [1.82, 2.24) is 0 Å². The Labute approximate surface area is 96.2 Å². The van der Waals surface area contributed by atoms with Gasteiger partial charge in [-0.05, 0) is 5.56 Å². The van der Waals surface area contributed by atoms with E-state index in [1.54, 1.807) is 6.08 Å². The summed E-state index contributed by atoms with van der Waals surface area (Å²) in [5, 5.41) is 0. The van der Waals surface area contributed by atoms with Crippen molar-refractivity contribution in [3.05, 3.63) is 42.0 Å². The van der Waals surface area contributed by atoms with Crippen LogP contribution in [0, 0.1) is 0 Å². The molecule has 12 heavy (non-hydrogen) atoms. The Hall–Kier alpha value is 0.202. The van der Waals surface area contributed by atoms with E-state index in [-0.39, 0.29) is 20.4 Å². The van der Waals surface area contributed by atoms with E-state index in [0.29, 0.717) is 0 Å². The van der Waals surface area contributed by atoms with E-state index in [9.17, 15) is 0 Å². The molecule has 0 aliphatic carbocycles. The van der Waals surface area contributed by atoms with E-state index < -0.39 is 4.84 Å². The number of hydrogen-bond donors (Lipinski definition) is 0. The summed E-state index contributed by atoms with van der Waals surface area (Å²) in [5.74, 6) is 0. The van der Waals surface area contributed by atoms with Gasteiger partial charge in [0, 0.05) is 20.4 Å². The van der Waals surface area contributed by atoms with Gasteiger partial charge in [0.2, 0.25) is 0 Å². The Morgan fingerprint density at radius 1 is 1.08 bits per heavy atom. The average Bonchev–Trinajstić information content (AvgIpc) is 2.03. The van der Waals surface area contributed by atoms with Crippen LogP contribution in [-0.2, 0) is 20.4 Å². The summed E-state index contributed by atoms with van der Waals surface area (Å²) in [6.45, 7) is 0. The SMILES string of the molecule is ClC(Cl)/C=C/c1ccccc1.[Pd]. The van der Waals surface area contributed by atoms with Gasteiger partial charge in [-0.3, -0.25) is 0 Å². The second kappa shape index (κ2) is 6.69. The Morgan fingerprint density at radius 2 is 1.67 bits per heavy atom. The Balaban J connectivity index is 0.00000121. The van der Waals surface area contributed by atoms with Gasteiger partial charge < -0.3 is 0 Å². The molecule has 3 heteroatoms. The van der Waals surface area contributed by atoms with Gasteiger partial charge in [0.25, 0.3) is 0 Å². The fourth-order valence-corrected chi connectivity index (χ4v) is 0.893. The van der Waals surface area contributed by atoms with Crippen LogP contribution in [0.3, 0.4) is 0 Å². The molecular formula is C9H8Cl2Pd. The van der Waals surface area contributed by atoms with Crippen LogP contribution >= 0.6 is 23.2 Å². The van der Waals surface area contributed by atoms with Crippen LogP contribution in [0.1, 0.15) is 5.56 Å². The quantitative estimate of drug-likeness (QED) is 0.578. The molecular weight excluding hydrogens is 285 g/mol. The molecule has 68 valence electrons. The molecule has 0 heterocycles. The molecule has 1 aromatic rings. The Bertz CT molecular complexity index is 232. The molecule has 0 atom stereocenters. The molecule has 0 spiro atoms. The first-order valence-corrected chi connectivity index (χ1v) is 4.18. The summed E-state index contributed by atoms with van der Waals surface area (Å²) in [5.41, 5.74) is 1.11. The molecule has 0 bridgehead atoms. The molecule has 1 aromatic carbocycles. The molecule has 1 rings (SSSR count). The minimum absolute atomic E-state index is 0. The van der Waals surface area contributed by atoms with E-state index in [0.717, 1.165) is 5.56 Å². The smallest absolute Gasteiger partial charge is 0.101 e. The van der Waals surface area contributed by atoms with Crippen molar-refractivity contribution in [2.45, 2.75) is 4.84 Å². The maximum atomic E-state index is 5.51. The predicted molar refractivity (Wildman–Crippen MR) is 51.0 cm³/mol. The third-order valence-electron chi connectivity index (χ3n) is 1.23. The van der Waals surface area contributed by atoms with Crippen molar-refractivity contribution in [3.63, 3.8) is 0 Å². The van der Waals surface area contributed by atoms with Gasteiger partial charge in [-0.15, -0.1) is 23.2 Å². The molecule has 0 nitrogen and oxygen atoms in total. The summed E-state index contributed by atoms with van der Waals surface area (Å²) < 4.78 is 0. The summed E-state index contributed by atoms with van der Waals surface area (Å²) in [6, 6.07) is 9.89. The van der Waals surface area contributed by atoms with Crippen molar-refractivity contribution < 1.29 is 20.4 Å². The molecule has 0 saturated carbocycles. The van der Waals surface area contributed by atoms with Crippen LogP contribution in [-0.4, -0.2) is 4.84 Å². The topological polar surface area (TPSA) is 0 Å². The van der Waals surface area contributed by atoms with E-state index >= 15 is 0 Å². The fraction of sp³-hybridized carbons (Fsp3) is 0.111. The summed E-state index contributed by atoms with van der Waals surface area (Å²) in [6.07, 6.45) is 3.63. The van der Waals surface area contributed by atoms with Crippen LogP contribution in [0.15, 0.2) is 36.4 Å². The van der Waals surface area contributed by atoms with Crippen LogP contribution in [0.4, 0.5) is 0 Å². The first-order valence-electron chi connectivity index (χ1n) is 3.30. The molecule has 0 radical (unpaired) electrons. The van der Waals surface area contributed by atoms with E-state index in [1.165, 1.54) is 0 Å². The third-order valence-corrected chi connectivity index (χ3v) is 1.52. The van der Waals surface area contributed by atoms with Gasteiger partial charge in [-0.1, -0.05) is 42.5 Å². The van der Waals surface area contributed by atoms with Gasteiger partial charge >= 0.3 is 0 Å². The van der Waals surface area contributed by atoms with E-state index in [1.807, 2.05) is 36.4 Å². The summed E-state index contributed by atoms with van der Waals surface area (Å²) >= 11 is 11.0. The predicted octanol–water partition coefficient (Wildman–Crippen LogP) is 3.50. The molecule has 0 amide bonds. The Kier molecular flexibility index (Phi) is 6.80. The van der Waals surface area contributed by atoms with Gasteiger partial charge in [0.1, 0.15) is 4.84 Å². The number of alkyl halides is 2. The second-order valence-electron chi connectivity index (χ2n) is 2.10. The third kappa shape index (κ3) is 4.96. The molecule has 0 unspecified atom stereocenters. The average molecular weight is 293 g/mol. The molecule has 0 saturated heterocycles. The van der Waals surface area contributed by atoms with Crippen molar-refractivity contribution in [1.29, 1.82) is 0 Å². The number of allylic oxidation sites excluding steroid dienone is 1. The second-order valence-corrected chi connectivity index (χ2v) is 3.27. The van der Waals surface area contributed by atoms with Crippen molar-refractivity contribution in [2.75, 3.05) is 0 Å². The van der Waals surface area contributed by atoms with Crippen molar-refractivity contribution >= 4 is 29.3 Å². The van der Waals surface area contributed by atoms with E-state index in [4.69, 9.17) is 23.2 Å². The molecule has 0 aliphatic rings. The zero-order valence-corrected chi connectivity index (χ0v) is 9.26. The normalized spacial score (nSPS) is 10.2. The maximum Gasteiger partial charge on any atom is 0.126 e. The summed E-state index contributed by atoms with van der Waals surface area (Å²) in [4.78, 5) is -0.421. The van der Waals surface area contributed by atoms with Crippen LogP contribution < -0.4 is 0 Å². The van der Waals surface area contributed by atoms with Crippen LogP contribution in [0.5, 0.6) is 0 Å². The van der Waals surface area contributed by atoms with Gasteiger partial charge in [-0.25, -0.2) is 0 Å². The van der Waals surface area contributed by atoms with Crippen LogP contribution in [0.25, 0.3) is 6.08 Å². The monoisotopic (exact) mass is 292 g/mol. The first-order chi connectivity index (χ1) is 5.29. The number of rotatable bonds is 2. The van der Waals surface area contributed by atoms with Crippen molar-refractivity contribution in [3.8, 4) is 0 Å². The van der Waals surface area contributed by atoms with Crippen molar-refractivity contribution in [2.24, 2.45) is 0 Å². The standard InChI is InChI=1S/C9H8Cl2.Pd/c10-9(11)7-6-8-4-2-1-3-5-8;/h1-7,9H;/b7-6+;. The summed E-state index contributed by atoms with van der Waals surface area (Å²) in [7, 11) is 0. The molecule has 0 N–H and O–H groups in total. The zero-order chi connectivity index (χ0) is 8.10. The Morgan fingerprint density at radius 3 is 2.17 bits per heavy atom. The number of halogens is 2. The maximum absolute atomic E-state index is 5.51. The fourth-order valence-electron chi connectivity index (χ4n) is 0.748. The molecule has 0 fully saturated rings. The van der Waals surface area contributed by atoms with Gasteiger partial charge in [0.15, 0.2) is 0 Å². The largest absolute Gasteiger partial charge is 0.126 e. The minimum atomic E-state index is -0.421. The van der Waals surface area contributed by atoms with E-state index in [2.05, 4.69) is 0 Å². The zero-order valence-electron chi connectivity index (χ0n) is 6.19. The number of hydrogen-bond acceptors (Lipinski definition) is 0. The first kappa shape index (κ1) is 12.2. The van der Waals surface area contributed by atoms with Crippen LogP contribution in [0.2, 0.25) is 0 Å².